The number of anilines is 2. The van der Waals surface area contributed by atoms with Crippen LogP contribution in [0.3, 0.4) is 0 Å². The van der Waals surface area contributed by atoms with Gasteiger partial charge in [-0.1, -0.05) is 12.1 Å². The van der Waals surface area contributed by atoms with E-state index < -0.39 is 28.3 Å². The average Bonchev–Trinajstić information content (AvgIpc) is 2.98. The van der Waals surface area contributed by atoms with Crippen LogP contribution >= 0.6 is 0 Å². The number of nitrogens with one attached hydrogen (secondary N) is 1. The van der Waals surface area contributed by atoms with Crippen molar-refractivity contribution in [3.8, 4) is 0 Å². The van der Waals surface area contributed by atoms with Crippen molar-refractivity contribution in [1.29, 1.82) is 0 Å². The van der Waals surface area contributed by atoms with Crippen molar-refractivity contribution in [2.45, 2.75) is 13.3 Å². The molecule has 1 aliphatic rings. The highest BCUT2D eigenvalue weighted by Gasteiger charge is 2.35. The summed E-state index contributed by atoms with van der Waals surface area (Å²) in [5, 5.41) is 13.3. The summed E-state index contributed by atoms with van der Waals surface area (Å²) >= 11 is 0. The zero-order valence-corrected chi connectivity index (χ0v) is 13.9. The summed E-state index contributed by atoms with van der Waals surface area (Å²) in [6, 6.07) is 10.5. The lowest BCUT2D eigenvalue weighted by Crippen LogP contribution is -2.28. The highest BCUT2D eigenvalue weighted by Crippen LogP contribution is 2.27. The van der Waals surface area contributed by atoms with Gasteiger partial charge in [-0.2, -0.15) is 4.39 Å². The molecule has 1 heterocycles. The first-order valence-corrected chi connectivity index (χ1v) is 7.97. The third kappa shape index (κ3) is 3.53. The quantitative estimate of drug-likeness (QED) is 0.672. The van der Waals surface area contributed by atoms with Gasteiger partial charge in [-0.3, -0.25) is 19.7 Å². The molecule has 134 valence electrons. The fraction of sp³-hybridized carbons (Fsp3) is 0.222. The van der Waals surface area contributed by atoms with Crippen molar-refractivity contribution < 1.29 is 18.9 Å². The zero-order chi connectivity index (χ0) is 18.8. The van der Waals surface area contributed by atoms with Crippen LogP contribution in [0.4, 0.5) is 21.5 Å². The standard InChI is InChI=1S/C18H16FN3O4/c1-11-3-2-4-14(7-11)21-10-12(8-17(21)23)18(24)20-13-5-6-15(19)16(9-13)22(25)26/h2-7,9,12H,8,10H2,1H3,(H,20,24)/t12-/m0/s1. The highest BCUT2D eigenvalue weighted by molar-refractivity contribution is 6.03. The van der Waals surface area contributed by atoms with Gasteiger partial charge in [0.05, 0.1) is 10.8 Å². The molecule has 2 amide bonds. The predicted molar refractivity (Wildman–Crippen MR) is 93.3 cm³/mol. The Morgan fingerprint density at radius 2 is 2.08 bits per heavy atom. The molecule has 7 nitrogen and oxygen atoms in total. The van der Waals surface area contributed by atoms with E-state index >= 15 is 0 Å². The van der Waals surface area contributed by atoms with Gasteiger partial charge < -0.3 is 10.2 Å². The molecule has 8 heteroatoms. The highest BCUT2D eigenvalue weighted by atomic mass is 19.1. The second-order valence-electron chi connectivity index (χ2n) is 6.16. The number of nitro benzene ring substituents is 1. The van der Waals surface area contributed by atoms with Crippen molar-refractivity contribution in [3.63, 3.8) is 0 Å². The predicted octanol–water partition coefficient (Wildman–Crippen LogP) is 3.03. The molecular formula is C18H16FN3O4. The maximum Gasteiger partial charge on any atom is 0.306 e. The van der Waals surface area contributed by atoms with Gasteiger partial charge in [-0.15, -0.1) is 0 Å². The largest absolute Gasteiger partial charge is 0.326 e. The SMILES string of the molecule is Cc1cccc(N2C[C@@H](C(=O)Nc3ccc(F)c([N+](=O)[O-])c3)CC2=O)c1. The van der Waals surface area contributed by atoms with Crippen LogP contribution in [0.5, 0.6) is 0 Å². The average molecular weight is 357 g/mol. The molecule has 0 unspecified atom stereocenters. The minimum absolute atomic E-state index is 0.0447. The lowest BCUT2D eigenvalue weighted by atomic mass is 10.1. The summed E-state index contributed by atoms with van der Waals surface area (Å²) in [5.74, 6) is -2.17. The monoisotopic (exact) mass is 357 g/mol. The van der Waals surface area contributed by atoms with Crippen molar-refractivity contribution >= 4 is 28.9 Å². The lowest BCUT2D eigenvalue weighted by molar-refractivity contribution is -0.387. The van der Waals surface area contributed by atoms with Crippen LogP contribution in [-0.2, 0) is 9.59 Å². The number of rotatable bonds is 4. The van der Waals surface area contributed by atoms with Crippen LogP contribution < -0.4 is 10.2 Å². The third-order valence-electron chi connectivity index (χ3n) is 4.22. The summed E-state index contributed by atoms with van der Waals surface area (Å²) < 4.78 is 13.4. The zero-order valence-electron chi connectivity index (χ0n) is 13.9. The minimum atomic E-state index is -0.977. The first-order chi connectivity index (χ1) is 12.3. The van der Waals surface area contributed by atoms with Gasteiger partial charge in [0.1, 0.15) is 0 Å². The van der Waals surface area contributed by atoms with E-state index in [4.69, 9.17) is 0 Å². The van der Waals surface area contributed by atoms with Crippen LogP contribution in [0.2, 0.25) is 0 Å². The summed E-state index contributed by atoms with van der Waals surface area (Å²) in [7, 11) is 0. The topological polar surface area (TPSA) is 92.6 Å². The lowest BCUT2D eigenvalue weighted by Gasteiger charge is -2.17. The molecule has 0 spiro atoms. The Bertz CT molecular complexity index is 900. The fourth-order valence-electron chi connectivity index (χ4n) is 2.90. The molecule has 3 rings (SSSR count). The number of benzene rings is 2. The number of aryl methyl sites for hydroxylation is 1. The molecular weight excluding hydrogens is 341 g/mol. The Kier molecular flexibility index (Phi) is 4.66. The number of amides is 2. The van der Waals surface area contributed by atoms with Gasteiger partial charge in [0.15, 0.2) is 0 Å². The normalized spacial score (nSPS) is 16.6. The number of halogens is 1. The fourth-order valence-corrected chi connectivity index (χ4v) is 2.90. The molecule has 1 N–H and O–H groups in total. The molecule has 26 heavy (non-hydrogen) atoms. The molecule has 2 aromatic carbocycles. The van der Waals surface area contributed by atoms with Gasteiger partial charge in [-0.05, 0) is 36.8 Å². The Morgan fingerprint density at radius 1 is 1.31 bits per heavy atom. The summed E-state index contributed by atoms with van der Waals surface area (Å²) in [5.41, 5.74) is 1.13. The van der Waals surface area contributed by atoms with Crippen molar-refractivity contribution in [1.82, 2.24) is 0 Å². The number of nitrogens with zero attached hydrogens (tertiary/aromatic N) is 2. The van der Waals surface area contributed by atoms with Gasteiger partial charge in [0.2, 0.25) is 17.6 Å². The Balaban J connectivity index is 1.72. The van der Waals surface area contributed by atoms with E-state index in [1.165, 1.54) is 6.07 Å². The van der Waals surface area contributed by atoms with E-state index in [2.05, 4.69) is 5.32 Å². The second kappa shape index (κ2) is 6.91. The molecule has 0 saturated carbocycles. The molecule has 1 aliphatic heterocycles. The number of carbonyl (C=O) groups excluding carboxylic acids is 2. The molecule has 0 radical (unpaired) electrons. The van der Waals surface area contributed by atoms with E-state index in [-0.39, 0.29) is 24.6 Å². The number of carbonyl (C=O) groups is 2. The Morgan fingerprint density at radius 3 is 2.77 bits per heavy atom. The van der Waals surface area contributed by atoms with Crippen LogP contribution in [0.1, 0.15) is 12.0 Å². The summed E-state index contributed by atoms with van der Waals surface area (Å²) in [6.07, 6.45) is 0.0447. The smallest absolute Gasteiger partial charge is 0.306 e. The Labute approximate surface area is 148 Å². The number of hydrogen-bond donors (Lipinski definition) is 1. The summed E-state index contributed by atoms with van der Waals surface area (Å²) in [6.45, 7) is 2.13. The van der Waals surface area contributed by atoms with Gasteiger partial charge in [0.25, 0.3) is 0 Å². The first-order valence-electron chi connectivity index (χ1n) is 7.97. The molecule has 0 bridgehead atoms. The van der Waals surface area contributed by atoms with E-state index in [9.17, 15) is 24.1 Å². The third-order valence-corrected chi connectivity index (χ3v) is 4.22. The molecule has 2 aromatic rings. The maximum atomic E-state index is 13.4. The summed E-state index contributed by atoms with van der Waals surface area (Å²) in [4.78, 5) is 36.1. The number of nitro groups is 1. The van der Waals surface area contributed by atoms with Crippen molar-refractivity contribution in [3.05, 3.63) is 64.0 Å². The molecule has 1 atom stereocenters. The van der Waals surface area contributed by atoms with Crippen LogP contribution in [0.15, 0.2) is 42.5 Å². The molecule has 1 saturated heterocycles. The van der Waals surface area contributed by atoms with Gasteiger partial charge in [0, 0.05) is 30.4 Å². The first kappa shape index (κ1) is 17.5. The number of hydrogen-bond acceptors (Lipinski definition) is 4. The van der Waals surface area contributed by atoms with Gasteiger partial charge in [-0.25, -0.2) is 0 Å². The molecule has 0 aliphatic carbocycles. The van der Waals surface area contributed by atoms with E-state index in [1.54, 1.807) is 11.0 Å². The van der Waals surface area contributed by atoms with Gasteiger partial charge >= 0.3 is 5.69 Å². The molecule has 0 aromatic heterocycles. The van der Waals surface area contributed by atoms with E-state index in [0.29, 0.717) is 0 Å². The van der Waals surface area contributed by atoms with Crippen molar-refractivity contribution in [2.75, 3.05) is 16.8 Å². The van der Waals surface area contributed by atoms with E-state index in [1.807, 2.05) is 25.1 Å². The van der Waals surface area contributed by atoms with E-state index in [0.717, 1.165) is 23.4 Å². The second-order valence-corrected chi connectivity index (χ2v) is 6.16. The van der Waals surface area contributed by atoms with Crippen LogP contribution in [0.25, 0.3) is 0 Å². The minimum Gasteiger partial charge on any atom is -0.326 e. The van der Waals surface area contributed by atoms with Crippen LogP contribution in [-0.4, -0.2) is 23.3 Å². The maximum absolute atomic E-state index is 13.4. The van der Waals surface area contributed by atoms with Crippen molar-refractivity contribution in [2.24, 2.45) is 5.92 Å². The van der Waals surface area contributed by atoms with Crippen LogP contribution in [0, 0.1) is 28.8 Å². The molecule has 1 fully saturated rings. The Hall–Kier alpha value is -3.29.